The van der Waals surface area contributed by atoms with Gasteiger partial charge in [0.2, 0.25) is 5.13 Å². The largest absolute Gasteiger partial charge is 0.493 e. The second-order valence-electron chi connectivity index (χ2n) is 7.57. The van der Waals surface area contributed by atoms with Crippen LogP contribution in [0.25, 0.3) is 6.08 Å². The van der Waals surface area contributed by atoms with E-state index in [1.807, 2.05) is 13.0 Å². The number of benzene rings is 2. The quantitative estimate of drug-likeness (QED) is 0.340. The van der Waals surface area contributed by atoms with Crippen LogP contribution in [0.2, 0.25) is 0 Å². The molecule has 1 heterocycles. The second-order valence-corrected chi connectivity index (χ2v) is 8.64. The van der Waals surface area contributed by atoms with Gasteiger partial charge in [0.15, 0.2) is 11.5 Å². The Morgan fingerprint density at radius 2 is 1.94 bits per heavy atom. The first-order chi connectivity index (χ1) is 15.9. The number of carbonyl (C=O) groups is 1. The van der Waals surface area contributed by atoms with Crippen LogP contribution in [-0.4, -0.2) is 23.2 Å². The number of nitrogens with zero attached hydrogens (tertiary/aromatic N) is 3. The number of hydrogen-bond acceptors (Lipinski definition) is 7. The number of rotatable bonds is 9. The lowest BCUT2D eigenvalue weighted by Gasteiger charge is -2.12. The maximum Gasteiger partial charge on any atom is 0.268 e. The summed E-state index contributed by atoms with van der Waals surface area (Å²) in [7, 11) is 1.55. The maximum absolute atomic E-state index is 12.5. The van der Waals surface area contributed by atoms with Crippen LogP contribution >= 0.6 is 11.3 Å². The molecule has 0 spiro atoms. The van der Waals surface area contributed by atoms with Crippen LogP contribution in [0.4, 0.5) is 5.13 Å². The molecule has 2 aromatic carbocycles. The Balaban J connectivity index is 1.71. The van der Waals surface area contributed by atoms with E-state index in [1.54, 1.807) is 25.3 Å². The van der Waals surface area contributed by atoms with Crippen molar-refractivity contribution in [3.05, 3.63) is 69.7 Å². The molecule has 0 aliphatic heterocycles. The second kappa shape index (κ2) is 11.2. The molecule has 0 bridgehead atoms. The van der Waals surface area contributed by atoms with Gasteiger partial charge in [-0.05, 0) is 47.2 Å². The summed E-state index contributed by atoms with van der Waals surface area (Å²) in [4.78, 5) is 12.5. The fourth-order valence-electron chi connectivity index (χ4n) is 2.98. The first kappa shape index (κ1) is 24.0. The molecular formula is C25H26N4O3S. The molecule has 0 aliphatic carbocycles. The molecular weight excluding hydrogens is 436 g/mol. The average molecular weight is 463 g/mol. The SMILES string of the molecule is CCc1nnc(NC(=O)C(C#N)=Cc2ccc(OCc3ccc(C(C)C)cc3)c(OC)c2)s1. The molecule has 170 valence electrons. The van der Waals surface area contributed by atoms with Crippen molar-refractivity contribution in [3.8, 4) is 17.6 Å². The first-order valence-electron chi connectivity index (χ1n) is 10.6. The Kier molecular flexibility index (Phi) is 8.17. The third-order valence-electron chi connectivity index (χ3n) is 4.89. The predicted molar refractivity (Wildman–Crippen MR) is 129 cm³/mol. The number of carbonyl (C=O) groups excluding carboxylic acids is 1. The number of hydrogen-bond donors (Lipinski definition) is 1. The van der Waals surface area contributed by atoms with Gasteiger partial charge in [0.25, 0.3) is 5.91 Å². The zero-order chi connectivity index (χ0) is 23.8. The molecule has 0 unspecified atom stereocenters. The minimum atomic E-state index is -0.541. The number of amides is 1. The van der Waals surface area contributed by atoms with Gasteiger partial charge in [0.1, 0.15) is 23.3 Å². The van der Waals surface area contributed by atoms with Crippen molar-refractivity contribution in [1.82, 2.24) is 10.2 Å². The number of ether oxygens (including phenoxy) is 2. The molecule has 1 aromatic heterocycles. The molecule has 0 atom stereocenters. The van der Waals surface area contributed by atoms with Gasteiger partial charge in [-0.1, -0.05) is 62.4 Å². The molecule has 0 saturated heterocycles. The van der Waals surface area contributed by atoms with Crippen LogP contribution in [0.15, 0.2) is 48.0 Å². The summed E-state index contributed by atoms with van der Waals surface area (Å²) in [5, 5.41) is 21.1. The molecule has 0 saturated carbocycles. The van der Waals surface area contributed by atoms with Crippen molar-refractivity contribution in [1.29, 1.82) is 5.26 Å². The zero-order valence-electron chi connectivity index (χ0n) is 19.1. The lowest BCUT2D eigenvalue weighted by Crippen LogP contribution is -2.13. The Morgan fingerprint density at radius 3 is 2.55 bits per heavy atom. The fraction of sp³-hybridized carbons (Fsp3) is 0.280. The highest BCUT2D eigenvalue weighted by Gasteiger charge is 2.13. The van der Waals surface area contributed by atoms with E-state index in [4.69, 9.17) is 9.47 Å². The minimum absolute atomic E-state index is 0.0517. The number of aryl methyl sites for hydroxylation is 1. The summed E-state index contributed by atoms with van der Waals surface area (Å²) in [6.07, 6.45) is 2.22. The monoisotopic (exact) mass is 462 g/mol. The molecule has 33 heavy (non-hydrogen) atoms. The van der Waals surface area contributed by atoms with Crippen molar-refractivity contribution in [2.24, 2.45) is 0 Å². The summed E-state index contributed by atoms with van der Waals surface area (Å²) < 4.78 is 11.4. The van der Waals surface area contributed by atoms with E-state index in [0.29, 0.717) is 34.7 Å². The van der Waals surface area contributed by atoms with Crippen LogP contribution in [0.3, 0.4) is 0 Å². The lowest BCUT2D eigenvalue weighted by molar-refractivity contribution is -0.112. The molecule has 0 aliphatic rings. The van der Waals surface area contributed by atoms with Gasteiger partial charge in [0.05, 0.1) is 7.11 Å². The van der Waals surface area contributed by atoms with E-state index in [0.717, 1.165) is 17.0 Å². The standard InChI is InChI=1S/C25H26N4O3S/c1-5-23-28-29-25(33-23)27-24(30)20(14-26)12-18-8-11-21(22(13-18)31-4)32-15-17-6-9-19(10-7-17)16(2)3/h6-13,16H,5,15H2,1-4H3,(H,27,29,30). The van der Waals surface area contributed by atoms with Gasteiger partial charge in [-0.15, -0.1) is 10.2 Å². The molecule has 7 nitrogen and oxygen atoms in total. The fourth-order valence-corrected chi connectivity index (χ4v) is 3.65. The number of nitrogens with one attached hydrogen (secondary N) is 1. The Hall–Kier alpha value is -3.70. The van der Waals surface area contributed by atoms with Gasteiger partial charge in [-0.25, -0.2) is 0 Å². The van der Waals surface area contributed by atoms with E-state index < -0.39 is 5.91 Å². The van der Waals surface area contributed by atoms with Crippen LogP contribution in [0.5, 0.6) is 11.5 Å². The van der Waals surface area contributed by atoms with Crippen LogP contribution in [-0.2, 0) is 17.8 Å². The van der Waals surface area contributed by atoms with Crippen molar-refractivity contribution < 1.29 is 14.3 Å². The average Bonchev–Trinajstić information content (AvgIpc) is 3.29. The minimum Gasteiger partial charge on any atom is -0.493 e. The van der Waals surface area contributed by atoms with E-state index in [2.05, 4.69) is 53.6 Å². The molecule has 0 fully saturated rings. The predicted octanol–water partition coefficient (Wildman–Crippen LogP) is 5.36. The molecule has 3 aromatic rings. The lowest BCUT2D eigenvalue weighted by atomic mass is 10.0. The van der Waals surface area contributed by atoms with E-state index in [9.17, 15) is 10.1 Å². The number of nitriles is 1. The Morgan fingerprint density at radius 1 is 1.18 bits per heavy atom. The highest BCUT2D eigenvalue weighted by atomic mass is 32.1. The topological polar surface area (TPSA) is 97.1 Å². The molecule has 0 radical (unpaired) electrons. The maximum atomic E-state index is 12.5. The third-order valence-corrected chi connectivity index (χ3v) is 5.88. The van der Waals surface area contributed by atoms with Crippen molar-refractivity contribution in [3.63, 3.8) is 0 Å². The molecule has 1 amide bonds. The van der Waals surface area contributed by atoms with Gasteiger partial charge >= 0.3 is 0 Å². The van der Waals surface area contributed by atoms with Crippen molar-refractivity contribution in [2.45, 2.75) is 39.7 Å². The summed E-state index contributed by atoms with van der Waals surface area (Å²) >= 11 is 1.28. The van der Waals surface area contributed by atoms with Gasteiger partial charge in [-0.2, -0.15) is 5.26 Å². The van der Waals surface area contributed by atoms with E-state index >= 15 is 0 Å². The third kappa shape index (κ3) is 6.40. The van der Waals surface area contributed by atoms with Gasteiger partial charge < -0.3 is 9.47 Å². The normalized spacial score (nSPS) is 11.2. The Bertz CT molecular complexity index is 1180. The highest BCUT2D eigenvalue weighted by molar-refractivity contribution is 7.15. The number of anilines is 1. The van der Waals surface area contributed by atoms with Crippen molar-refractivity contribution in [2.75, 3.05) is 12.4 Å². The van der Waals surface area contributed by atoms with E-state index in [-0.39, 0.29) is 5.57 Å². The van der Waals surface area contributed by atoms with Crippen LogP contribution in [0.1, 0.15) is 48.4 Å². The van der Waals surface area contributed by atoms with Gasteiger partial charge in [0, 0.05) is 0 Å². The van der Waals surface area contributed by atoms with Gasteiger partial charge in [-0.3, -0.25) is 10.1 Å². The van der Waals surface area contributed by atoms with Crippen LogP contribution < -0.4 is 14.8 Å². The zero-order valence-corrected chi connectivity index (χ0v) is 19.9. The molecule has 8 heteroatoms. The summed E-state index contributed by atoms with van der Waals surface area (Å²) in [5.74, 6) is 1.02. The highest BCUT2D eigenvalue weighted by Crippen LogP contribution is 2.30. The number of methoxy groups -OCH3 is 1. The number of aromatic nitrogens is 2. The smallest absolute Gasteiger partial charge is 0.268 e. The molecule has 1 N–H and O–H groups in total. The Labute approximate surface area is 197 Å². The van der Waals surface area contributed by atoms with Crippen LogP contribution in [0, 0.1) is 11.3 Å². The summed E-state index contributed by atoms with van der Waals surface area (Å²) in [6.45, 7) is 6.67. The molecule has 3 rings (SSSR count). The van der Waals surface area contributed by atoms with Crippen molar-refractivity contribution >= 4 is 28.5 Å². The summed E-state index contributed by atoms with van der Waals surface area (Å²) in [5.41, 5.74) is 2.92. The first-order valence-corrected chi connectivity index (χ1v) is 11.4. The summed E-state index contributed by atoms with van der Waals surface area (Å²) in [6, 6.07) is 15.5. The van der Waals surface area contributed by atoms with E-state index in [1.165, 1.54) is 23.0 Å².